The average Bonchev–Trinajstić information content (AvgIpc) is 3.34. The number of aromatic amines is 1. The fraction of sp³-hybridized carbons (Fsp3) is 0.300. The first-order chi connectivity index (χ1) is 13.4. The molecule has 1 saturated heterocycles. The summed E-state index contributed by atoms with van der Waals surface area (Å²) in [6.07, 6.45) is 3.57. The molecule has 1 amide bonds. The molecule has 1 aliphatic rings. The number of nitrogens with one attached hydrogen (secondary N) is 2. The van der Waals surface area contributed by atoms with Gasteiger partial charge in [0, 0.05) is 18.8 Å². The number of anilines is 1. The second-order valence-electron chi connectivity index (χ2n) is 7.07. The molecular formula is C20H22N4O3S. The second kappa shape index (κ2) is 7.37. The second-order valence-corrected chi connectivity index (χ2v) is 8.98. The lowest BCUT2D eigenvalue weighted by Crippen LogP contribution is -2.28. The molecule has 146 valence electrons. The number of aryl methyl sites for hydroxylation is 1. The molecule has 3 aromatic rings. The highest BCUT2D eigenvalue weighted by atomic mass is 32.2. The van der Waals surface area contributed by atoms with Gasteiger partial charge in [0.05, 0.1) is 28.7 Å². The maximum atomic E-state index is 12.9. The van der Waals surface area contributed by atoms with Crippen molar-refractivity contribution in [3.8, 4) is 0 Å². The van der Waals surface area contributed by atoms with E-state index in [0.29, 0.717) is 24.3 Å². The number of sulfonamides is 1. The predicted octanol–water partition coefficient (Wildman–Crippen LogP) is 2.84. The van der Waals surface area contributed by atoms with Gasteiger partial charge in [0.2, 0.25) is 15.9 Å². The third-order valence-corrected chi connectivity index (χ3v) is 7.04. The minimum absolute atomic E-state index is 0.192. The molecule has 1 fully saturated rings. The number of hydrogen-bond acceptors (Lipinski definition) is 4. The van der Waals surface area contributed by atoms with Crippen molar-refractivity contribution in [1.29, 1.82) is 0 Å². The highest BCUT2D eigenvalue weighted by molar-refractivity contribution is 7.89. The molecule has 2 aromatic carbocycles. The van der Waals surface area contributed by atoms with Gasteiger partial charge in [-0.25, -0.2) is 13.4 Å². The topological polar surface area (TPSA) is 95.2 Å². The number of hydrogen-bond donors (Lipinski definition) is 2. The Hall–Kier alpha value is -2.71. The molecule has 0 bridgehead atoms. The van der Waals surface area contributed by atoms with Crippen molar-refractivity contribution in [2.75, 3.05) is 18.4 Å². The first-order valence-electron chi connectivity index (χ1n) is 9.26. The van der Waals surface area contributed by atoms with Crippen LogP contribution < -0.4 is 5.32 Å². The van der Waals surface area contributed by atoms with Gasteiger partial charge < -0.3 is 10.3 Å². The summed E-state index contributed by atoms with van der Waals surface area (Å²) >= 11 is 0. The van der Waals surface area contributed by atoms with Crippen LogP contribution in [0.25, 0.3) is 11.0 Å². The number of H-pyrrole nitrogens is 1. The summed E-state index contributed by atoms with van der Waals surface area (Å²) in [4.78, 5) is 19.9. The number of benzene rings is 2. The third kappa shape index (κ3) is 3.65. The van der Waals surface area contributed by atoms with Crippen LogP contribution in [0.15, 0.2) is 47.6 Å². The van der Waals surface area contributed by atoms with Crippen LogP contribution in [0.1, 0.15) is 24.0 Å². The van der Waals surface area contributed by atoms with Gasteiger partial charge in [-0.15, -0.1) is 0 Å². The summed E-state index contributed by atoms with van der Waals surface area (Å²) in [5.41, 5.74) is 3.73. The van der Waals surface area contributed by atoms with Gasteiger partial charge in [-0.3, -0.25) is 4.79 Å². The Balaban J connectivity index is 1.52. The Morgan fingerprint density at radius 3 is 2.75 bits per heavy atom. The molecule has 28 heavy (non-hydrogen) atoms. The lowest BCUT2D eigenvalue weighted by molar-refractivity contribution is -0.115. The van der Waals surface area contributed by atoms with Crippen molar-refractivity contribution < 1.29 is 13.2 Å². The van der Waals surface area contributed by atoms with Crippen molar-refractivity contribution >= 4 is 32.7 Å². The van der Waals surface area contributed by atoms with Crippen molar-refractivity contribution in [2.45, 2.75) is 31.1 Å². The highest BCUT2D eigenvalue weighted by Crippen LogP contribution is 2.26. The number of carbonyl (C=O) groups excluding carboxylic acids is 1. The van der Waals surface area contributed by atoms with Crippen LogP contribution in [0.4, 0.5) is 5.69 Å². The van der Waals surface area contributed by atoms with E-state index >= 15 is 0 Å². The zero-order valence-corrected chi connectivity index (χ0v) is 16.4. The largest absolute Gasteiger partial charge is 0.345 e. The first-order valence-corrected chi connectivity index (χ1v) is 10.7. The molecule has 8 heteroatoms. The van der Waals surface area contributed by atoms with Gasteiger partial charge in [0.15, 0.2) is 0 Å². The standard InChI is InChI=1S/C20H22N4O3S/c1-14-4-6-16(12-19(14)28(26,27)24-8-2-3-9-24)23-20(25)11-15-5-7-17-18(10-15)22-13-21-17/h4-7,10,12-13H,2-3,8-9,11H2,1H3,(H,21,22)(H,23,25). The lowest BCUT2D eigenvalue weighted by atomic mass is 10.1. The van der Waals surface area contributed by atoms with Crippen LogP contribution in [0.5, 0.6) is 0 Å². The average molecular weight is 398 g/mol. The molecule has 0 atom stereocenters. The van der Waals surface area contributed by atoms with Gasteiger partial charge in [-0.05, 0) is 55.2 Å². The lowest BCUT2D eigenvalue weighted by Gasteiger charge is -2.18. The van der Waals surface area contributed by atoms with Crippen molar-refractivity contribution in [2.24, 2.45) is 0 Å². The monoisotopic (exact) mass is 398 g/mol. The van der Waals surface area contributed by atoms with Gasteiger partial charge in [0.1, 0.15) is 0 Å². The maximum Gasteiger partial charge on any atom is 0.243 e. The van der Waals surface area contributed by atoms with E-state index < -0.39 is 10.0 Å². The molecule has 2 N–H and O–H groups in total. The maximum absolute atomic E-state index is 12.9. The number of imidazole rings is 1. The Morgan fingerprint density at radius 2 is 1.96 bits per heavy atom. The predicted molar refractivity (Wildman–Crippen MR) is 108 cm³/mol. The summed E-state index contributed by atoms with van der Waals surface area (Å²) in [7, 11) is -3.53. The molecule has 0 aliphatic carbocycles. The van der Waals surface area contributed by atoms with Gasteiger partial charge >= 0.3 is 0 Å². The summed E-state index contributed by atoms with van der Waals surface area (Å²) in [6.45, 7) is 2.87. The Bertz CT molecular complexity index is 1130. The van der Waals surface area contributed by atoms with E-state index in [1.807, 2.05) is 18.2 Å². The number of carbonyl (C=O) groups is 1. The van der Waals surface area contributed by atoms with E-state index in [4.69, 9.17) is 0 Å². The zero-order chi connectivity index (χ0) is 19.7. The number of nitrogens with zero attached hydrogens (tertiary/aromatic N) is 2. The first kappa shape index (κ1) is 18.6. The molecule has 0 saturated carbocycles. The number of rotatable bonds is 5. The highest BCUT2D eigenvalue weighted by Gasteiger charge is 2.28. The fourth-order valence-corrected chi connectivity index (χ4v) is 5.27. The van der Waals surface area contributed by atoms with E-state index in [2.05, 4.69) is 15.3 Å². The van der Waals surface area contributed by atoms with Crippen molar-refractivity contribution in [3.63, 3.8) is 0 Å². The summed E-state index contributed by atoms with van der Waals surface area (Å²) in [5.74, 6) is -0.202. The van der Waals surface area contributed by atoms with Crippen LogP contribution >= 0.6 is 0 Å². The smallest absolute Gasteiger partial charge is 0.243 e. The zero-order valence-electron chi connectivity index (χ0n) is 15.6. The SMILES string of the molecule is Cc1ccc(NC(=O)Cc2ccc3nc[nH]c3c2)cc1S(=O)(=O)N1CCCC1. The quantitative estimate of drug-likeness (QED) is 0.691. The molecular weight excluding hydrogens is 376 g/mol. The third-order valence-electron chi connectivity index (χ3n) is 5.00. The Kier molecular flexibility index (Phi) is 4.91. The van der Waals surface area contributed by atoms with E-state index in [-0.39, 0.29) is 17.2 Å². The van der Waals surface area contributed by atoms with Gasteiger partial charge in [-0.1, -0.05) is 12.1 Å². The minimum Gasteiger partial charge on any atom is -0.345 e. The normalized spacial score (nSPS) is 15.2. The molecule has 0 unspecified atom stereocenters. The fourth-order valence-electron chi connectivity index (χ4n) is 3.51. The van der Waals surface area contributed by atoms with E-state index in [0.717, 1.165) is 29.4 Å². The van der Waals surface area contributed by atoms with Crippen LogP contribution in [0, 0.1) is 6.92 Å². The molecule has 2 heterocycles. The van der Waals surface area contributed by atoms with Gasteiger partial charge in [-0.2, -0.15) is 4.31 Å². The molecule has 4 rings (SSSR count). The van der Waals surface area contributed by atoms with E-state index in [9.17, 15) is 13.2 Å². The van der Waals surface area contributed by atoms with Crippen molar-refractivity contribution in [3.05, 3.63) is 53.9 Å². The summed E-state index contributed by atoms with van der Waals surface area (Å²) < 4.78 is 27.3. The summed E-state index contributed by atoms with van der Waals surface area (Å²) in [5, 5.41) is 2.81. The molecule has 7 nitrogen and oxygen atoms in total. The van der Waals surface area contributed by atoms with Crippen LogP contribution in [0.2, 0.25) is 0 Å². The molecule has 0 spiro atoms. The number of aromatic nitrogens is 2. The van der Waals surface area contributed by atoms with Crippen LogP contribution in [0.3, 0.4) is 0 Å². The molecule has 0 radical (unpaired) electrons. The van der Waals surface area contributed by atoms with E-state index in [1.54, 1.807) is 31.5 Å². The van der Waals surface area contributed by atoms with E-state index in [1.165, 1.54) is 4.31 Å². The Labute approximate surface area is 163 Å². The number of fused-ring (bicyclic) bond motifs is 1. The molecule has 1 aromatic heterocycles. The van der Waals surface area contributed by atoms with Gasteiger partial charge in [0.25, 0.3) is 0 Å². The molecule has 1 aliphatic heterocycles. The number of amides is 1. The minimum atomic E-state index is -3.53. The van der Waals surface area contributed by atoms with Crippen molar-refractivity contribution in [1.82, 2.24) is 14.3 Å². The van der Waals surface area contributed by atoms with Crippen LogP contribution in [-0.2, 0) is 21.2 Å². The van der Waals surface area contributed by atoms with Crippen LogP contribution in [-0.4, -0.2) is 41.7 Å². The summed E-state index contributed by atoms with van der Waals surface area (Å²) in [6, 6.07) is 10.6. The Morgan fingerprint density at radius 1 is 1.18 bits per heavy atom.